The van der Waals surface area contributed by atoms with E-state index in [1.165, 1.54) is 31.4 Å². The summed E-state index contributed by atoms with van der Waals surface area (Å²) in [6.45, 7) is 6.67. The summed E-state index contributed by atoms with van der Waals surface area (Å²) in [6.07, 6.45) is 8.84. The van der Waals surface area contributed by atoms with E-state index in [1.807, 2.05) is 25.1 Å². The van der Waals surface area contributed by atoms with E-state index in [1.54, 1.807) is 6.20 Å². The van der Waals surface area contributed by atoms with Crippen molar-refractivity contribution in [1.82, 2.24) is 19.6 Å². The van der Waals surface area contributed by atoms with Gasteiger partial charge in [0.2, 0.25) is 16.0 Å². The van der Waals surface area contributed by atoms with Crippen LogP contribution in [0.25, 0.3) is 0 Å². The third-order valence-corrected chi connectivity index (χ3v) is 11.7. The van der Waals surface area contributed by atoms with Crippen molar-refractivity contribution in [2.24, 2.45) is 11.8 Å². The molecule has 228 valence electrons. The zero-order valence-corrected chi connectivity index (χ0v) is 26.2. The Morgan fingerprint density at radius 2 is 1.72 bits per heavy atom. The predicted molar refractivity (Wildman–Crippen MR) is 173 cm³/mol. The molecule has 7 rings (SSSR count). The number of nitrogens with one attached hydrogen (secondary N) is 3. The van der Waals surface area contributed by atoms with Crippen molar-refractivity contribution < 1.29 is 8.42 Å². The number of aryl methyl sites for hydroxylation is 1. The second kappa shape index (κ2) is 11.9. The van der Waals surface area contributed by atoms with Gasteiger partial charge in [-0.15, -0.1) is 0 Å². The molecule has 3 unspecified atom stereocenters. The Bertz CT molecular complexity index is 1570. The molecule has 2 aromatic carbocycles. The average Bonchev–Trinajstić information content (AvgIpc) is 3.67. The zero-order valence-electron chi connectivity index (χ0n) is 24.6. The molecule has 43 heavy (non-hydrogen) atoms. The van der Waals surface area contributed by atoms with Crippen LogP contribution in [0.1, 0.15) is 49.7 Å². The highest BCUT2D eigenvalue weighted by molar-refractivity contribution is 7.90. The minimum Gasteiger partial charge on any atom is -0.369 e. The summed E-state index contributed by atoms with van der Waals surface area (Å²) in [7, 11) is -3.25. The second-order valence-corrected chi connectivity index (χ2v) is 15.2. The van der Waals surface area contributed by atoms with Gasteiger partial charge in [0.05, 0.1) is 11.4 Å². The van der Waals surface area contributed by atoms with E-state index in [0.717, 1.165) is 79.4 Å². The maximum absolute atomic E-state index is 12.3. The van der Waals surface area contributed by atoms with E-state index in [0.29, 0.717) is 16.8 Å². The highest BCUT2D eigenvalue weighted by Gasteiger charge is 2.42. The SMILES string of the molecule is Cc1cc(CNS(=O)(=O)C2CC2)cc(Nc2nc(Nc3ccc(N4CCN(C5CC6CCC5C6)CC4)cc3)ncc2Cl)c1. The van der Waals surface area contributed by atoms with Crippen LogP contribution in [-0.2, 0) is 16.6 Å². The summed E-state index contributed by atoms with van der Waals surface area (Å²) in [5.41, 5.74) is 4.78. The summed E-state index contributed by atoms with van der Waals surface area (Å²) < 4.78 is 27.3. The van der Waals surface area contributed by atoms with E-state index in [4.69, 9.17) is 11.6 Å². The van der Waals surface area contributed by atoms with Gasteiger partial charge >= 0.3 is 0 Å². The van der Waals surface area contributed by atoms with Crippen LogP contribution in [0.5, 0.6) is 0 Å². The molecule has 11 heteroatoms. The van der Waals surface area contributed by atoms with Crippen molar-refractivity contribution in [2.75, 3.05) is 41.7 Å². The largest absolute Gasteiger partial charge is 0.369 e. The molecule has 9 nitrogen and oxygen atoms in total. The van der Waals surface area contributed by atoms with Gasteiger partial charge in [-0.25, -0.2) is 18.1 Å². The fourth-order valence-electron chi connectivity index (χ4n) is 7.22. The van der Waals surface area contributed by atoms with Gasteiger partial charge in [-0.2, -0.15) is 4.98 Å². The summed E-state index contributed by atoms with van der Waals surface area (Å²) in [6, 6.07) is 15.1. The van der Waals surface area contributed by atoms with Crippen molar-refractivity contribution in [1.29, 1.82) is 0 Å². The Kier molecular flexibility index (Phi) is 7.96. The van der Waals surface area contributed by atoms with Crippen LogP contribution < -0.4 is 20.3 Å². The molecule has 1 saturated heterocycles. The van der Waals surface area contributed by atoms with Gasteiger partial charge in [-0.3, -0.25) is 4.90 Å². The van der Waals surface area contributed by atoms with Gasteiger partial charge < -0.3 is 15.5 Å². The number of hydrogen-bond donors (Lipinski definition) is 3. The van der Waals surface area contributed by atoms with Crippen LogP contribution in [0.3, 0.4) is 0 Å². The van der Waals surface area contributed by atoms with Crippen LogP contribution in [0.2, 0.25) is 5.02 Å². The lowest BCUT2D eigenvalue weighted by Crippen LogP contribution is -2.51. The number of rotatable bonds is 10. The molecule has 1 aromatic heterocycles. The third-order valence-electron chi connectivity index (χ3n) is 9.56. The lowest BCUT2D eigenvalue weighted by molar-refractivity contribution is 0.135. The molecule has 1 aliphatic heterocycles. The predicted octanol–water partition coefficient (Wildman–Crippen LogP) is 5.82. The Balaban J connectivity index is 0.961. The minimum atomic E-state index is -3.25. The molecule has 3 saturated carbocycles. The topological polar surface area (TPSA) is 102 Å². The van der Waals surface area contributed by atoms with Gasteiger partial charge in [-0.05, 0) is 98.4 Å². The Labute approximate surface area is 259 Å². The molecular formula is C32H40ClN7O2S. The molecule has 3 aliphatic carbocycles. The molecule has 0 spiro atoms. The van der Waals surface area contributed by atoms with Gasteiger partial charge in [0, 0.05) is 55.8 Å². The smallest absolute Gasteiger partial charge is 0.229 e. The van der Waals surface area contributed by atoms with Gasteiger partial charge in [0.1, 0.15) is 5.02 Å². The van der Waals surface area contributed by atoms with Crippen molar-refractivity contribution in [3.63, 3.8) is 0 Å². The van der Waals surface area contributed by atoms with Crippen LogP contribution in [-0.4, -0.2) is 60.8 Å². The van der Waals surface area contributed by atoms with E-state index in [-0.39, 0.29) is 11.8 Å². The lowest BCUT2D eigenvalue weighted by Gasteiger charge is -2.41. The first-order valence-electron chi connectivity index (χ1n) is 15.5. The molecule has 0 amide bonds. The zero-order chi connectivity index (χ0) is 29.6. The summed E-state index contributed by atoms with van der Waals surface area (Å²) >= 11 is 6.45. The van der Waals surface area contributed by atoms with Crippen LogP contribution in [0.15, 0.2) is 48.7 Å². The molecule has 0 radical (unpaired) electrons. The molecule has 3 N–H and O–H groups in total. The first-order valence-corrected chi connectivity index (χ1v) is 17.5. The number of nitrogens with zero attached hydrogens (tertiary/aromatic N) is 4. The highest BCUT2D eigenvalue weighted by Crippen LogP contribution is 2.46. The van der Waals surface area contributed by atoms with Crippen molar-refractivity contribution in [3.05, 3.63) is 64.8 Å². The van der Waals surface area contributed by atoms with Crippen LogP contribution >= 0.6 is 11.6 Å². The van der Waals surface area contributed by atoms with Crippen molar-refractivity contribution in [2.45, 2.75) is 63.3 Å². The molecule has 2 heterocycles. The number of hydrogen-bond acceptors (Lipinski definition) is 8. The number of anilines is 5. The number of sulfonamides is 1. The molecule has 4 aliphatic rings. The number of halogens is 1. The van der Waals surface area contributed by atoms with E-state index in [2.05, 4.69) is 59.4 Å². The maximum Gasteiger partial charge on any atom is 0.229 e. The van der Waals surface area contributed by atoms with Gasteiger partial charge in [0.25, 0.3) is 0 Å². The van der Waals surface area contributed by atoms with E-state index in [9.17, 15) is 8.42 Å². The van der Waals surface area contributed by atoms with E-state index >= 15 is 0 Å². The fourth-order valence-corrected chi connectivity index (χ4v) is 8.72. The molecule has 2 bridgehead atoms. The lowest BCUT2D eigenvalue weighted by atomic mass is 9.93. The molecule has 3 atom stereocenters. The Morgan fingerprint density at radius 3 is 2.42 bits per heavy atom. The fraction of sp³-hybridized carbons (Fsp3) is 0.500. The van der Waals surface area contributed by atoms with Gasteiger partial charge in [0.15, 0.2) is 5.82 Å². The maximum atomic E-state index is 12.3. The Morgan fingerprint density at radius 1 is 0.930 bits per heavy atom. The van der Waals surface area contributed by atoms with Gasteiger partial charge in [-0.1, -0.05) is 24.1 Å². The highest BCUT2D eigenvalue weighted by atomic mass is 35.5. The number of benzene rings is 2. The third kappa shape index (κ3) is 6.62. The Hall–Kier alpha value is -2.92. The number of fused-ring (bicyclic) bond motifs is 2. The molecular weight excluding hydrogens is 582 g/mol. The molecule has 4 fully saturated rings. The standard InChI is InChI=1S/C32H40ClN7O2S/c1-21-14-23(19-35-43(41,42)28-8-9-28)17-26(15-21)36-31-29(33)20-34-32(38-31)37-25-4-6-27(7-5-25)39-10-12-40(13-11-39)30-18-22-2-3-24(30)16-22/h4-7,14-15,17,20,22,24,28,30,35H,2-3,8-13,16,18-19H2,1H3,(H2,34,36,37,38). The van der Waals surface area contributed by atoms with Crippen LogP contribution in [0, 0.1) is 18.8 Å². The summed E-state index contributed by atoms with van der Waals surface area (Å²) in [5, 5.41) is 6.73. The quantitative estimate of drug-likeness (QED) is 0.260. The van der Waals surface area contributed by atoms with E-state index < -0.39 is 10.0 Å². The first kappa shape index (κ1) is 28.8. The summed E-state index contributed by atoms with van der Waals surface area (Å²) in [5.74, 6) is 2.84. The summed E-state index contributed by atoms with van der Waals surface area (Å²) in [4.78, 5) is 14.2. The number of piperazine rings is 1. The van der Waals surface area contributed by atoms with Crippen LogP contribution in [0.4, 0.5) is 28.8 Å². The van der Waals surface area contributed by atoms with Crippen molar-refractivity contribution >= 4 is 50.5 Å². The minimum absolute atomic E-state index is 0.243. The number of aromatic nitrogens is 2. The monoisotopic (exact) mass is 621 g/mol. The average molecular weight is 622 g/mol. The van der Waals surface area contributed by atoms with Crippen molar-refractivity contribution in [3.8, 4) is 0 Å². The first-order chi connectivity index (χ1) is 20.8. The second-order valence-electron chi connectivity index (χ2n) is 12.7. The normalized spacial score (nSPS) is 24.0. The molecule has 3 aromatic rings.